The molecule has 1 fully saturated rings. The number of aromatic amines is 1. The van der Waals surface area contributed by atoms with Crippen LogP contribution < -0.4 is 0 Å². The average Bonchev–Trinajstić information content (AvgIpc) is 3.42. The van der Waals surface area contributed by atoms with Gasteiger partial charge in [0.1, 0.15) is 6.10 Å². The lowest BCUT2D eigenvalue weighted by Crippen LogP contribution is -2.22. The van der Waals surface area contributed by atoms with E-state index >= 15 is 0 Å². The number of ether oxygens (including phenoxy) is 1. The average molecular weight is 413 g/mol. The molecule has 31 heavy (non-hydrogen) atoms. The molecule has 1 aliphatic heterocycles. The molecule has 156 valence electrons. The second kappa shape index (κ2) is 7.92. The molecule has 0 unspecified atom stereocenters. The third-order valence-electron chi connectivity index (χ3n) is 5.60. The summed E-state index contributed by atoms with van der Waals surface area (Å²) in [4.78, 5) is 31.6. The molecule has 7 nitrogen and oxygen atoms in total. The zero-order chi connectivity index (χ0) is 21.4. The summed E-state index contributed by atoms with van der Waals surface area (Å²) >= 11 is 0. The summed E-state index contributed by atoms with van der Waals surface area (Å²) in [6, 6.07) is 13.7. The number of nitrogens with one attached hydrogen (secondary N) is 1. The van der Waals surface area contributed by atoms with E-state index in [1.807, 2.05) is 56.4 Å². The summed E-state index contributed by atoms with van der Waals surface area (Å²) in [5, 5.41) is 0.863. The van der Waals surface area contributed by atoms with Gasteiger partial charge in [0.25, 0.3) is 0 Å². The molecule has 0 radical (unpaired) electrons. The third-order valence-corrected chi connectivity index (χ3v) is 5.60. The summed E-state index contributed by atoms with van der Waals surface area (Å²) in [6.07, 6.45) is 4.05. The highest BCUT2D eigenvalue weighted by Gasteiger charge is 2.24. The minimum absolute atomic E-state index is 0.0621. The lowest BCUT2D eigenvalue weighted by atomic mass is 10.0. The van der Waals surface area contributed by atoms with Gasteiger partial charge in [-0.2, -0.15) is 0 Å². The number of rotatable bonds is 4. The molecule has 3 aromatic heterocycles. The van der Waals surface area contributed by atoms with E-state index < -0.39 is 0 Å². The fourth-order valence-electron chi connectivity index (χ4n) is 3.99. The zero-order valence-corrected chi connectivity index (χ0v) is 17.5. The van der Waals surface area contributed by atoms with Crippen molar-refractivity contribution in [2.24, 2.45) is 0 Å². The van der Waals surface area contributed by atoms with Gasteiger partial charge in [-0.25, -0.2) is 9.78 Å². The number of pyridine rings is 2. The number of aromatic nitrogens is 4. The first-order chi connectivity index (χ1) is 15.1. The number of fused-ring (bicyclic) bond motifs is 1. The Kier molecular flexibility index (Phi) is 4.95. The smallest absolute Gasteiger partial charge is 0.340 e. The molecular formula is C24H23N5O2. The zero-order valence-electron chi connectivity index (χ0n) is 17.5. The van der Waals surface area contributed by atoms with Gasteiger partial charge in [0.05, 0.1) is 34.5 Å². The number of esters is 1. The molecule has 0 bridgehead atoms. The van der Waals surface area contributed by atoms with Gasteiger partial charge >= 0.3 is 5.97 Å². The van der Waals surface area contributed by atoms with Crippen LogP contribution in [0.15, 0.2) is 55.0 Å². The number of hydrogen-bond acceptors (Lipinski definition) is 6. The van der Waals surface area contributed by atoms with Crippen LogP contribution in [0, 0.1) is 6.92 Å². The van der Waals surface area contributed by atoms with E-state index in [-0.39, 0.29) is 12.1 Å². The number of aryl methyl sites for hydroxylation is 1. The van der Waals surface area contributed by atoms with Crippen LogP contribution in [0.25, 0.3) is 33.5 Å². The predicted molar refractivity (Wildman–Crippen MR) is 119 cm³/mol. The van der Waals surface area contributed by atoms with Crippen molar-refractivity contribution in [1.82, 2.24) is 24.8 Å². The van der Waals surface area contributed by atoms with Gasteiger partial charge in [0, 0.05) is 35.9 Å². The Morgan fingerprint density at radius 3 is 2.90 bits per heavy atom. The Labute approximate surface area is 180 Å². The number of carbonyl (C=O) groups is 1. The minimum atomic E-state index is -0.329. The van der Waals surface area contributed by atoms with E-state index in [0.29, 0.717) is 5.56 Å². The molecule has 1 saturated heterocycles. The van der Waals surface area contributed by atoms with Crippen molar-refractivity contribution in [2.75, 3.05) is 20.1 Å². The highest BCUT2D eigenvalue weighted by atomic mass is 16.5. The lowest BCUT2D eigenvalue weighted by molar-refractivity contribution is 0.0327. The highest BCUT2D eigenvalue weighted by molar-refractivity contribution is 5.95. The van der Waals surface area contributed by atoms with Crippen LogP contribution in [-0.2, 0) is 4.74 Å². The summed E-state index contributed by atoms with van der Waals surface area (Å²) in [6.45, 7) is 3.68. The van der Waals surface area contributed by atoms with Crippen molar-refractivity contribution in [3.8, 4) is 22.6 Å². The van der Waals surface area contributed by atoms with Gasteiger partial charge < -0.3 is 14.6 Å². The number of nitrogens with zero attached hydrogens (tertiary/aromatic N) is 4. The maximum absolute atomic E-state index is 12.6. The van der Waals surface area contributed by atoms with E-state index in [4.69, 9.17) is 4.74 Å². The topological polar surface area (TPSA) is 84.0 Å². The molecule has 5 rings (SSSR count). The van der Waals surface area contributed by atoms with Gasteiger partial charge in [0.2, 0.25) is 0 Å². The van der Waals surface area contributed by atoms with E-state index in [0.717, 1.165) is 58.8 Å². The molecule has 4 aromatic rings. The molecule has 0 saturated carbocycles. The van der Waals surface area contributed by atoms with Crippen LogP contribution in [0.2, 0.25) is 0 Å². The van der Waals surface area contributed by atoms with Crippen molar-refractivity contribution in [2.45, 2.75) is 19.4 Å². The van der Waals surface area contributed by atoms with Crippen LogP contribution in [0.1, 0.15) is 22.5 Å². The van der Waals surface area contributed by atoms with Gasteiger partial charge in [-0.05, 0) is 50.7 Å². The Hall–Kier alpha value is -3.58. The Bertz CT molecular complexity index is 1270. The van der Waals surface area contributed by atoms with Crippen molar-refractivity contribution in [3.63, 3.8) is 0 Å². The normalized spacial score (nSPS) is 16.6. The Morgan fingerprint density at radius 1 is 1.19 bits per heavy atom. The van der Waals surface area contributed by atoms with Crippen molar-refractivity contribution < 1.29 is 9.53 Å². The molecule has 4 heterocycles. The minimum Gasteiger partial charge on any atom is -0.457 e. The van der Waals surface area contributed by atoms with Gasteiger partial charge in [-0.3, -0.25) is 9.97 Å². The summed E-state index contributed by atoms with van der Waals surface area (Å²) in [5.74, 6) is -0.329. The number of benzene rings is 1. The molecule has 7 heteroatoms. The van der Waals surface area contributed by atoms with E-state index in [1.54, 1.807) is 12.5 Å². The first-order valence-electron chi connectivity index (χ1n) is 10.3. The molecule has 0 aliphatic carbocycles. The van der Waals surface area contributed by atoms with Crippen LogP contribution >= 0.6 is 0 Å². The standard InChI is InChI=1S/C24H23N5O2/c1-15-4-3-5-21(28-15)23-22(26-14-27-23)16-6-7-20-17(10-16)11-18(12-25-20)24(30)31-19-8-9-29(2)13-19/h3-7,10-12,14,19H,8-9,13H2,1-2H3,(H,26,27)/t19-/m1/s1. The first kappa shape index (κ1) is 19.4. The van der Waals surface area contributed by atoms with Crippen LogP contribution in [0.5, 0.6) is 0 Å². The van der Waals surface area contributed by atoms with Crippen LogP contribution in [-0.4, -0.2) is 57.0 Å². The maximum atomic E-state index is 12.6. The molecule has 1 atom stereocenters. The number of likely N-dealkylation sites (N-methyl/N-ethyl adjacent to an activating group) is 1. The quantitative estimate of drug-likeness (QED) is 0.512. The second-order valence-electron chi connectivity index (χ2n) is 8.00. The first-order valence-corrected chi connectivity index (χ1v) is 10.3. The summed E-state index contributed by atoms with van der Waals surface area (Å²) < 4.78 is 5.66. The lowest BCUT2D eigenvalue weighted by Gasteiger charge is -2.12. The SMILES string of the molecule is Cc1cccc(-c2[nH]cnc2-c2ccc3ncc(C(=O)O[C@@H]4CCN(C)C4)cc3c2)n1. The monoisotopic (exact) mass is 413 g/mol. The van der Waals surface area contributed by atoms with Gasteiger partial charge in [-0.15, -0.1) is 0 Å². The molecule has 1 aliphatic rings. The van der Waals surface area contributed by atoms with Crippen molar-refractivity contribution >= 4 is 16.9 Å². The Morgan fingerprint density at radius 2 is 2.10 bits per heavy atom. The number of H-pyrrole nitrogens is 1. The fourth-order valence-corrected chi connectivity index (χ4v) is 3.99. The molecule has 1 aromatic carbocycles. The highest BCUT2D eigenvalue weighted by Crippen LogP contribution is 2.30. The van der Waals surface area contributed by atoms with E-state index in [9.17, 15) is 4.79 Å². The number of likely N-dealkylation sites (tertiary alicyclic amines) is 1. The van der Waals surface area contributed by atoms with Crippen LogP contribution in [0.3, 0.4) is 0 Å². The molecule has 0 spiro atoms. The van der Waals surface area contributed by atoms with E-state index in [2.05, 4.69) is 24.8 Å². The van der Waals surface area contributed by atoms with E-state index in [1.165, 1.54) is 0 Å². The second-order valence-corrected chi connectivity index (χ2v) is 8.00. The maximum Gasteiger partial charge on any atom is 0.340 e. The molecular weight excluding hydrogens is 390 g/mol. The number of imidazole rings is 1. The largest absolute Gasteiger partial charge is 0.457 e. The Balaban J connectivity index is 1.47. The summed E-state index contributed by atoms with van der Waals surface area (Å²) in [5.41, 5.74) is 5.64. The van der Waals surface area contributed by atoms with Crippen molar-refractivity contribution in [1.29, 1.82) is 0 Å². The van der Waals surface area contributed by atoms with Crippen molar-refractivity contribution in [3.05, 3.63) is 66.2 Å². The summed E-state index contributed by atoms with van der Waals surface area (Å²) in [7, 11) is 2.03. The predicted octanol–water partition coefficient (Wildman–Crippen LogP) is 3.86. The fraction of sp³-hybridized carbons (Fsp3) is 0.250. The van der Waals surface area contributed by atoms with Gasteiger partial charge in [-0.1, -0.05) is 12.1 Å². The number of hydrogen-bond donors (Lipinski definition) is 1. The number of carbonyl (C=O) groups excluding carboxylic acids is 1. The molecule has 1 N–H and O–H groups in total. The van der Waals surface area contributed by atoms with Gasteiger partial charge in [0.15, 0.2) is 0 Å². The third kappa shape index (κ3) is 3.92. The molecule has 0 amide bonds. The van der Waals surface area contributed by atoms with Crippen LogP contribution in [0.4, 0.5) is 0 Å².